The van der Waals surface area contributed by atoms with E-state index in [1.807, 2.05) is 0 Å². The van der Waals surface area contributed by atoms with Crippen molar-refractivity contribution in [1.82, 2.24) is 5.43 Å². The van der Waals surface area contributed by atoms with Crippen LogP contribution < -0.4 is 16.2 Å². The Morgan fingerprint density at radius 3 is 2.34 bits per heavy atom. The number of esters is 1. The number of amides is 1. The van der Waals surface area contributed by atoms with E-state index in [9.17, 15) is 18.4 Å². The molecule has 10 heteroatoms. The third-order valence-electron chi connectivity index (χ3n) is 3.44. The molecule has 0 saturated heterocycles. The highest BCUT2D eigenvalue weighted by atomic mass is 35.5. The summed E-state index contributed by atoms with van der Waals surface area (Å²) in [6, 6.07) is 7.01. The van der Waals surface area contributed by atoms with Gasteiger partial charge in [0.15, 0.2) is 11.6 Å². The first-order valence-corrected chi connectivity index (χ1v) is 8.78. The molecular formula is C19H20ClF2N3O4. The second-order valence-electron chi connectivity index (χ2n) is 6.82. The summed E-state index contributed by atoms with van der Waals surface area (Å²) in [5, 5.41) is 2.82. The third kappa shape index (κ3) is 5.71. The van der Waals surface area contributed by atoms with E-state index in [1.54, 1.807) is 32.9 Å². The number of hydrogen-bond acceptors (Lipinski definition) is 6. The van der Waals surface area contributed by atoms with Crippen LogP contribution in [-0.4, -0.2) is 24.8 Å². The summed E-state index contributed by atoms with van der Waals surface area (Å²) >= 11 is 6.05. The van der Waals surface area contributed by atoms with Gasteiger partial charge in [-0.2, -0.15) is 0 Å². The van der Waals surface area contributed by atoms with Gasteiger partial charge in [-0.05, 0) is 32.9 Å². The molecule has 2 aromatic carbocycles. The molecule has 0 atom stereocenters. The summed E-state index contributed by atoms with van der Waals surface area (Å²) in [6.07, 6.45) is -0.890. The van der Waals surface area contributed by atoms with Gasteiger partial charge in [0.05, 0.1) is 29.2 Å². The van der Waals surface area contributed by atoms with Gasteiger partial charge in [-0.25, -0.2) is 23.8 Å². The predicted octanol–water partition coefficient (Wildman–Crippen LogP) is 5.00. The van der Waals surface area contributed by atoms with E-state index in [1.165, 1.54) is 12.1 Å². The quantitative estimate of drug-likeness (QED) is 0.459. The lowest BCUT2D eigenvalue weighted by molar-refractivity contribution is 0.0536. The molecular weight excluding hydrogens is 408 g/mol. The molecule has 0 aliphatic rings. The van der Waals surface area contributed by atoms with Crippen LogP contribution >= 0.6 is 11.6 Å². The molecule has 2 rings (SSSR count). The number of carbonyl (C=O) groups excluding carboxylic acids is 2. The van der Waals surface area contributed by atoms with Crippen LogP contribution in [0.4, 0.5) is 30.6 Å². The Balaban J connectivity index is 2.46. The van der Waals surface area contributed by atoms with Gasteiger partial charge in [-0.15, -0.1) is 0 Å². The average molecular weight is 428 g/mol. The Bertz CT molecular complexity index is 932. The van der Waals surface area contributed by atoms with Crippen LogP contribution in [0.2, 0.25) is 5.02 Å². The highest BCUT2D eigenvalue weighted by Gasteiger charge is 2.26. The second-order valence-corrected chi connectivity index (χ2v) is 7.23. The second kappa shape index (κ2) is 8.95. The summed E-state index contributed by atoms with van der Waals surface area (Å²) in [5.74, 6) is -3.58. The number of hydrazine groups is 1. The lowest BCUT2D eigenvalue weighted by Crippen LogP contribution is -2.36. The van der Waals surface area contributed by atoms with Crippen LogP contribution in [0.1, 0.15) is 31.1 Å². The van der Waals surface area contributed by atoms with E-state index in [0.717, 1.165) is 7.11 Å². The Morgan fingerprint density at radius 2 is 1.76 bits per heavy atom. The van der Waals surface area contributed by atoms with Crippen molar-refractivity contribution >= 4 is 40.7 Å². The lowest BCUT2D eigenvalue weighted by Gasteiger charge is -2.21. The van der Waals surface area contributed by atoms with Crippen molar-refractivity contribution in [2.24, 2.45) is 0 Å². The minimum absolute atomic E-state index is 0.216. The zero-order chi connectivity index (χ0) is 21.8. The number of benzene rings is 2. The minimum Gasteiger partial charge on any atom is -0.465 e. The normalized spacial score (nSPS) is 10.9. The van der Waals surface area contributed by atoms with Gasteiger partial charge in [-0.1, -0.05) is 23.7 Å². The predicted molar refractivity (Wildman–Crippen MR) is 105 cm³/mol. The fourth-order valence-electron chi connectivity index (χ4n) is 2.28. The number of ether oxygens (including phenoxy) is 2. The van der Waals surface area contributed by atoms with Crippen molar-refractivity contribution in [3.05, 3.63) is 52.6 Å². The van der Waals surface area contributed by atoms with Crippen LogP contribution in [0.5, 0.6) is 0 Å². The van der Waals surface area contributed by atoms with Gasteiger partial charge in [-0.3, -0.25) is 5.43 Å². The molecule has 0 saturated carbocycles. The van der Waals surface area contributed by atoms with Crippen molar-refractivity contribution in [2.45, 2.75) is 26.4 Å². The minimum atomic E-state index is -1.33. The SMILES string of the molecule is COC(=O)c1c(NNC(=O)OC(C)(C)C)cc(F)c(F)c1Nc1ccccc1Cl. The van der Waals surface area contributed by atoms with Gasteiger partial charge in [0.25, 0.3) is 0 Å². The Morgan fingerprint density at radius 1 is 1.10 bits per heavy atom. The molecule has 7 nitrogen and oxygen atoms in total. The Kier molecular flexibility index (Phi) is 6.86. The maximum absolute atomic E-state index is 14.5. The van der Waals surface area contributed by atoms with Crippen molar-refractivity contribution in [3.8, 4) is 0 Å². The number of rotatable bonds is 5. The monoisotopic (exact) mass is 427 g/mol. The fourth-order valence-corrected chi connectivity index (χ4v) is 2.46. The Hall–Kier alpha value is -3.07. The summed E-state index contributed by atoms with van der Waals surface area (Å²) in [7, 11) is 1.08. The number of methoxy groups -OCH3 is 1. The smallest absolute Gasteiger partial charge is 0.426 e. The van der Waals surface area contributed by atoms with Crippen LogP contribution in [0, 0.1) is 11.6 Å². The molecule has 0 heterocycles. The summed E-state index contributed by atoms with van der Waals surface area (Å²) in [6.45, 7) is 4.95. The first-order chi connectivity index (χ1) is 13.5. The first kappa shape index (κ1) is 22.2. The first-order valence-electron chi connectivity index (χ1n) is 8.40. The van der Waals surface area contributed by atoms with Gasteiger partial charge in [0, 0.05) is 6.07 Å². The largest absolute Gasteiger partial charge is 0.465 e. The van der Waals surface area contributed by atoms with E-state index in [0.29, 0.717) is 6.07 Å². The molecule has 156 valence electrons. The van der Waals surface area contributed by atoms with Crippen LogP contribution in [0.25, 0.3) is 0 Å². The number of nitrogens with one attached hydrogen (secondary N) is 3. The van der Waals surface area contributed by atoms with E-state index in [-0.39, 0.29) is 22.0 Å². The number of halogens is 3. The maximum Gasteiger partial charge on any atom is 0.426 e. The fraction of sp³-hybridized carbons (Fsp3) is 0.263. The molecule has 29 heavy (non-hydrogen) atoms. The van der Waals surface area contributed by atoms with Crippen LogP contribution in [-0.2, 0) is 9.47 Å². The van der Waals surface area contributed by atoms with Crippen molar-refractivity contribution in [3.63, 3.8) is 0 Å². The Labute approximate surface area is 171 Å². The number of para-hydroxylation sites is 1. The van der Waals surface area contributed by atoms with E-state index >= 15 is 0 Å². The summed E-state index contributed by atoms with van der Waals surface area (Å²) < 4.78 is 38.5. The lowest BCUT2D eigenvalue weighted by atomic mass is 10.1. The van der Waals surface area contributed by atoms with Gasteiger partial charge < -0.3 is 14.8 Å². The van der Waals surface area contributed by atoms with Crippen molar-refractivity contribution in [1.29, 1.82) is 0 Å². The molecule has 0 spiro atoms. The molecule has 0 fully saturated rings. The zero-order valence-electron chi connectivity index (χ0n) is 16.2. The number of anilines is 3. The van der Waals surface area contributed by atoms with E-state index < -0.39 is 35.0 Å². The van der Waals surface area contributed by atoms with Crippen LogP contribution in [0.3, 0.4) is 0 Å². The van der Waals surface area contributed by atoms with Gasteiger partial charge >= 0.3 is 12.1 Å². The summed E-state index contributed by atoms with van der Waals surface area (Å²) in [5.41, 5.74) is 2.80. The van der Waals surface area contributed by atoms with Crippen LogP contribution in [0.15, 0.2) is 30.3 Å². The highest BCUT2D eigenvalue weighted by Crippen LogP contribution is 2.34. The highest BCUT2D eigenvalue weighted by molar-refractivity contribution is 6.33. The van der Waals surface area contributed by atoms with Crippen molar-refractivity contribution in [2.75, 3.05) is 17.9 Å². The van der Waals surface area contributed by atoms with Gasteiger partial charge in [0.2, 0.25) is 0 Å². The molecule has 0 radical (unpaired) electrons. The topological polar surface area (TPSA) is 88.7 Å². The standard InChI is InChI=1S/C19H20ClF2N3O4/c1-19(2,3)29-18(27)25-24-13-9-11(21)15(22)16(14(13)17(26)28-4)23-12-8-6-5-7-10(12)20/h5-9,23-24H,1-4H3,(H,25,27). The maximum atomic E-state index is 14.5. The molecule has 2 aromatic rings. The molecule has 0 unspecified atom stereocenters. The number of carbonyl (C=O) groups is 2. The molecule has 0 aromatic heterocycles. The molecule has 3 N–H and O–H groups in total. The molecule has 0 aliphatic carbocycles. The molecule has 0 bridgehead atoms. The third-order valence-corrected chi connectivity index (χ3v) is 3.77. The zero-order valence-corrected chi connectivity index (χ0v) is 16.9. The molecule has 1 amide bonds. The number of hydrogen-bond donors (Lipinski definition) is 3. The van der Waals surface area contributed by atoms with E-state index in [2.05, 4.69) is 20.9 Å². The van der Waals surface area contributed by atoms with E-state index in [4.69, 9.17) is 16.3 Å². The molecule has 0 aliphatic heterocycles. The summed E-state index contributed by atoms with van der Waals surface area (Å²) in [4.78, 5) is 24.1. The average Bonchev–Trinajstić information content (AvgIpc) is 2.63. The van der Waals surface area contributed by atoms with Crippen molar-refractivity contribution < 1.29 is 27.8 Å². The van der Waals surface area contributed by atoms with Gasteiger partial charge in [0.1, 0.15) is 11.2 Å².